The van der Waals surface area contributed by atoms with Crippen molar-refractivity contribution in [2.24, 2.45) is 0 Å². The van der Waals surface area contributed by atoms with E-state index in [1.54, 1.807) is 7.11 Å². The molecular formula is C7H14N2O4. The quantitative estimate of drug-likeness (QED) is 0.441. The topological polar surface area (TPSA) is 72.1 Å². The lowest BCUT2D eigenvalue weighted by molar-refractivity contribution is 0.0950. The number of carbonyl (C=O) groups is 1. The second-order valence-electron chi connectivity index (χ2n) is 2.53. The van der Waals surface area contributed by atoms with Crippen LogP contribution in [0, 0.1) is 0 Å². The number of epoxide rings is 1. The molecule has 2 unspecified atom stereocenters. The van der Waals surface area contributed by atoms with Gasteiger partial charge in [0.25, 0.3) is 0 Å². The van der Waals surface area contributed by atoms with E-state index in [2.05, 4.69) is 15.4 Å². The van der Waals surface area contributed by atoms with Gasteiger partial charge in [-0.05, 0) is 0 Å². The minimum Gasteiger partial charge on any atom is -0.453 e. The lowest BCUT2D eigenvalue weighted by atomic mass is 10.6. The van der Waals surface area contributed by atoms with Crippen LogP contribution < -0.4 is 10.6 Å². The molecule has 0 aromatic rings. The van der Waals surface area contributed by atoms with E-state index in [0.29, 0.717) is 13.1 Å². The first-order chi connectivity index (χ1) is 6.27. The number of nitrogens with one attached hydrogen (secondary N) is 2. The number of alkyl carbamates (subject to hydrolysis) is 1. The third-order valence-corrected chi connectivity index (χ3v) is 1.61. The molecule has 1 fully saturated rings. The summed E-state index contributed by atoms with van der Waals surface area (Å²) in [7, 11) is 2.91. The number of ether oxygens (including phenoxy) is 3. The Hall–Kier alpha value is -0.850. The van der Waals surface area contributed by atoms with E-state index in [9.17, 15) is 4.79 Å². The van der Waals surface area contributed by atoms with E-state index < -0.39 is 6.09 Å². The van der Waals surface area contributed by atoms with Crippen LogP contribution in [0.4, 0.5) is 4.79 Å². The number of methoxy groups -OCH3 is 2. The molecule has 13 heavy (non-hydrogen) atoms. The molecule has 1 heterocycles. The summed E-state index contributed by atoms with van der Waals surface area (Å²) in [5.74, 6) is 0. The first kappa shape index (κ1) is 10.2. The normalized spacial score (nSPS) is 25.4. The molecule has 0 radical (unpaired) electrons. The average Bonchev–Trinajstić information content (AvgIpc) is 2.90. The van der Waals surface area contributed by atoms with Gasteiger partial charge in [-0.15, -0.1) is 0 Å². The SMILES string of the molecule is COC(=O)NCCNC1OC1OC. The van der Waals surface area contributed by atoms with Crippen LogP contribution in [-0.2, 0) is 14.2 Å². The molecule has 1 rings (SSSR count). The lowest BCUT2D eigenvalue weighted by Gasteiger charge is -2.02. The number of amides is 1. The average molecular weight is 190 g/mol. The predicted octanol–water partition coefficient (Wildman–Crippen LogP) is -0.739. The molecule has 2 atom stereocenters. The molecule has 0 saturated carbocycles. The Balaban J connectivity index is 1.88. The monoisotopic (exact) mass is 190 g/mol. The zero-order valence-electron chi connectivity index (χ0n) is 7.70. The fourth-order valence-corrected chi connectivity index (χ4v) is 0.874. The van der Waals surface area contributed by atoms with Gasteiger partial charge in [-0.1, -0.05) is 0 Å². The molecule has 6 heteroatoms. The van der Waals surface area contributed by atoms with Crippen molar-refractivity contribution >= 4 is 6.09 Å². The van der Waals surface area contributed by atoms with Crippen molar-refractivity contribution in [3.05, 3.63) is 0 Å². The van der Waals surface area contributed by atoms with Crippen LogP contribution >= 0.6 is 0 Å². The van der Waals surface area contributed by atoms with Crippen LogP contribution in [0.15, 0.2) is 0 Å². The molecular weight excluding hydrogens is 176 g/mol. The van der Waals surface area contributed by atoms with Crippen LogP contribution in [0.2, 0.25) is 0 Å². The summed E-state index contributed by atoms with van der Waals surface area (Å²) < 4.78 is 14.3. The third-order valence-electron chi connectivity index (χ3n) is 1.61. The maximum absolute atomic E-state index is 10.6. The highest BCUT2D eigenvalue weighted by Gasteiger charge is 2.38. The summed E-state index contributed by atoms with van der Waals surface area (Å²) in [6, 6.07) is 0. The Bertz CT molecular complexity index is 176. The molecule has 1 aliphatic rings. The highest BCUT2D eigenvalue weighted by Crippen LogP contribution is 2.18. The standard InChI is InChI=1S/C7H14N2O4/c1-11-6-5(13-6)8-3-4-9-7(10)12-2/h5-6,8H,3-4H2,1-2H3,(H,9,10). The van der Waals surface area contributed by atoms with E-state index in [4.69, 9.17) is 9.47 Å². The largest absolute Gasteiger partial charge is 0.453 e. The fraction of sp³-hybridized carbons (Fsp3) is 0.857. The molecule has 0 aromatic carbocycles. The van der Waals surface area contributed by atoms with Crippen molar-refractivity contribution < 1.29 is 19.0 Å². The van der Waals surface area contributed by atoms with Crippen LogP contribution in [-0.4, -0.2) is 45.9 Å². The summed E-state index contributed by atoms with van der Waals surface area (Å²) in [6.07, 6.45) is -0.607. The summed E-state index contributed by atoms with van der Waals surface area (Å²) in [4.78, 5) is 10.6. The van der Waals surface area contributed by atoms with Gasteiger partial charge in [0, 0.05) is 20.2 Å². The first-order valence-electron chi connectivity index (χ1n) is 4.01. The van der Waals surface area contributed by atoms with Gasteiger partial charge in [-0.25, -0.2) is 4.79 Å². The Labute approximate surface area is 76.5 Å². The van der Waals surface area contributed by atoms with Gasteiger partial charge in [0.05, 0.1) is 7.11 Å². The summed E-state index contributed by atoms with van der Waals surface area (Å²) in [5.41, 5.74) is 0. The summed E-state index contributed by atoms with van der Waals surface area (Å²) in [5, 5.41) is 5.55. The van der Waals surface area contributed by atoms with E-state index in [0.717, 1.165) is 0 Å². The second kappa shape index (κ2) is 5.00. The third kappa shape index (κ3) is 3.58. The maximum Gasteiger partial charge on any atom is 0.406 e. The molecule has 2 N–H and O–H groups in total. The Morgan fingerprint density at radius 1 is 1.46 bits per heavy atom. The number of hydrogen-bond acceptors (Lipinski definition) is 5. The Morgan fingerprint density at radius 2 is 2.23 bits per heavy atom. The number of hydrogen-bond donors (Lipinski definition) is 2. The van der Waals surface area contributed by atoms with Crippen LogP contribution in [0.1, 0.15) is 0 Å². The number of carbonyl (C=O) groups excluding carboxylic acids is 1. The molecule has 0 spiro atoms. The molecule has 76 valence electrons. The van der Waals surface area contributed by atoms with Gasteiger partial charge in [0.15, 0.2) is 12.5 Å². The molecule has 1 saturated heterocycles. The summed E-state index contributed by atoms with van der Waals surface area (Å²) in [6.45, 7) is 1.13. The highest BCUT2D eigenvalue weighted by atomic mass is 16.8. The van der Waals surface area contributed by atoms with Gasteiger partial charge in [-0.3, -0.25) is 5.32 Å². The zero-order chi connectivity index (χ0) is 9.68. The van der Waals surface area contributed by atoms with Gasteiger partial charge in [-0.2, -0.15) is 0 Å². The Kier molecular flexibility index (Phi) is 3.94. The van der Waals surface area contributed by atoms with Gasteiger partial charge >= 0.3 is 6.09 Å². The smallest absolute Gasteiger partial charge is 0.406 e. The van der Waals surface area contributed by atoms with Gasteiger partial charge in [0.2, 0.25) is 0 Å². The molecule has 0 aliphatic carbocycles. The molecule has 1 amide bonds. The van der Waals surface area contributed by atoms with Crippen molar-refractivity contribution in [3.63, 3.8) is 0 Å². The van der Waals surface area contributed by atoms with E-state index in [1.807, 2.05) is 0 Å². The highest BCUT2D eigenvalue weighted by molar-refractivity contribution is 5.66. The molecule has 0 bridgehead atoms. The second-order valence-corrected chi connectivity index (χ2v) is 2.53. The van der Waals surface area contributed by atoms with Gasteiger partial charge < -0.3 is 19.5 Å². The minimum absolute atomic E-state index is 0.0375. The van der Waals surface area contributed by atoms with Crippen molar-refractivity contribution in [3.8, 4) is 0 Å². The lowest BCUT2D eigenvalue weighted by Crippen LogP contribution is -2.33. The molecule has 0 aromatic heterocycles. The van der Waals surface area contributed by atoms with Crippen LogP contribution in [0.5, 0.6) is 0 Å². The van der Waals surface area contributed by atoms with E-state index in [-0.39, 0.29) is 12.5 Å². The zero-order valence-corrected chi connectivity index (χ0v) is 7.70. The van der Waals surface area contributed by atoms with Crippen molar-refractivity contribution in [2.45, 2.75) is 12.5 Å². The fourth-order valence-electron chi connectivity index (χ4n) is 0.874. The van der Waals surface area contributed by atoms with E-state index >= 15 is 0 Å². The van der Waals surface area contributed by atoms with Crippen molar-refractivity contribution in [1.82, 2.24) is 10.6 Å². The molecule has 6 nitrogen and oxygen atoms in total. The summed E-state index contributed by atoms with van der Waals surface area (Å²) >= 11 is 0. The van der Waals surface area contributed by atoms with Crippen molar-refractivity contribution in [2.75, 3.05) is 27.3 Å². The minimum atomic E-state index is -0.429. The first-order valence-corrected chi connectivity index (χ1v) is 4.01. The Morgan fingerprint density at radius 3 is 2.77 bits per heavy atom. The van der Waals surface area contributed by atoms with Crippen LogP contribution in [0.25, 0.3) is 0 Å². The van der Waals surface area contributed by atoms with Gasteiger partial charge in [0.1, 0.15) is 0 Å². The molecule has 1 aliphatic heterocycles. The maximum atomic E-state index is 10.6. The van der Waals surface area contributed by atoms with E-state index in [1.165, 1.54) is 7.11 Å². The van der Waals surface area contributed by atoms with Crippen molar-refractivity contribution in [1.29, 1.82) is 0 Å². The van der Waals surface area contributed by atoms with Crippen LogP contribution in [0.3, 0.4) is 0 Å². The predicted molar refractivity (Wildman–Crippen MR) is 44.1 cm³/mol. The number of rotatable bonds is 5.